The Morgan fingerprint density at radius 3 is 2.71 bits per heavy atom. The van der Waals surface area contributed by atoms with Crippen LogP contribution in [0.4, 0.5) is 5.69 Å². The van der Waals surface area contributed by atoms with E-state index in [0.717, 1.165) is 19.3 Å². The summed E-state index contributed by atoms with van der Waals surface area (Å²) in [6.45, 7) is 2.09. The second kappa shape index (κ2) is 5.82. The van der Waals surface area contributed by atoms with Gasteiger partial charge >= 0.3 is 0 Å². The van der Waals surface area contributed by atoms with Gasteiger partial charge in [0.1, 0.15) is 0 Å². The highest BCUT2D eigenvalue weighted by atomic mass is 35.5. The van der Waals surface area contributed by atoms with Gasteiger partial charge in [-0.2, -0.15) is 0 Å². The zero-order valence-electron chi connectivity index (χ0n) is 12.1. The number of nitrogen functional groups attached to an aromatic ring is 1. The van der Waals surface area contributed by atoms with Crippen molar-refractivity contribution in [3.63, 3.8) is 0 Å². The molecule has 1 heterocycles. The highest BCUT2D eigenvalue weighted by molar-refractivity contribution is 6.33. The van der Waals surface area contributed by atoms with Crippen LogP contribution in [0.25, 0.3) is 10.9 Å². The van der Waals surface area contributed by atoms with Crippen molar-refractivity contribution >= 4 is 28.2 Å². The van der Waals surface area contributed by atoms with Gasteiger partial charge in [0.05, 0.1) is 10.7 Å². The van der Waals surface area contributed by atoms with Gasteiger partial charge in [-0.25, -0.2) is 0 Å². The molecule has 2 aromatic carbocycles. The minimum atomic E-state index is 0.655. The Balaban J connectivity index is 1.70. The molecule has 0 spiro atoms. The Morgan fingerprint density at radius 1 is 1.10 bits per heavy atom. The first kappa shape index (κ1) is 14.0. The number of rotatable bonds is 4. The van der Waals surface area contributed by atoms with E-state index in [1.54, 1.807) is 0 Å². The van der Waals surface area contributed by atoms with E-state index in [9.17, 15) is 0 Å². The predicted molar refractivity (Wildman–Crippen MR) is 90.9 cm³/mol. The lowest BCUT2D eigenvalue weighted by Gasteiger charge is -2.08. The zero-order chi connectivity index (χ0) is 14.8. The van der Waals surface area contributed by atoms with Gasteiger partial charge in [-0.15, -0.1) is 0 Å². The summed E-state index contributed by atoms with van der Waals surface area (Å²) >= 11 is 6.11. The molecule has 0 saturated heterocycles. The molecule has 1 aromatic heterocycles. The van der Waals surface area contributed by atoms with Gasteiger partial charge < -0.3 is 10.7 Å². The maximum Gasteiger partial charge on any atom is 0.0638 e. The molecule has 3 rings (SSSR count). The van der Waals surface area contributed by atoms with Gasteiger partial charge in [-0.05, 0) is 61.1 Å². The summed E-state index contributed by atoms with van der Waals surface area (Å²) in [5.74, 6) is 0. The van der Waals surface area contributed by atoms with Crippen LogP contribution < -0.4 is 5.73 Å². The van der Waals surface area contributed by atoms with E-state index in [0.29, 0.717) is 10.7 Å². The van der Waals surface area contributed by atoms with Crippen LogP contribution >= 0.6 is 11.6 Å². The zero-order valence-corrected chi connectivity index (χ0v) is 12.9. The van der Waals surface area contributed by atoms with Crippen LogP contribution in [-0.4, -0.2) is 4.98 Å². The largest absolute Gasteiger partial charge is 0.398 e. The molecule has 0 unspecified atom stereocenters. The third kappa shape index (κ3) is 2.91. The molecule has 3 N–H and O–H groups in total. The standard InChI is InChI=1S/C18H19ClN2/c1-12-9-17(20)16(19)10-13(12)5-4-6-14-11-21-18-8-3-2-7-15(14)18/h2-3,7-11,21H,4-6,20H2,1H3. The minimum Gasteiger partial charge on any atom is -0.398 e. The van der Waals surface area contributed by atoms with Gasteiger partial charge in [0.2, 0.25) is 0 Å². The number of fused-ring (bicyclic) bond motifs is 1. The highest BCUT2D eigenvalue weighted by Crippen LogP contribution is 2.25. The molecule has 21 heavy (non-hydrogen) atoms. The summed E-state index contributed by atoms with van der Waals surface area (Å²) in [5, 5.41) is 1.98. The van der Waals surface area contributed by atoms with Crippen LogP contribution in [0.3, 0.4) is 0 Å². The van der Waals surface area contributed by atoms with Crippen LogP contribution in [-0.2, 0) is 12.8 Å². The first-order chi connectivity index (χ1) is 10.1. The van der Waals surface area contributed by atoms with Crippen molar-refractivity contribution in [2.45, 2.75) is 26.2 Å². The summed E-state index contributed by atoms with van der Waals surface area (Å²) in [6, 6.07) is 12.4. The molecule has 0 radical (unpaired) electrons. The highest BCUT2D eigenvalue weighted by Gasteiger charge is 2.06. The molecule has 0 aliphatic carbocycles. The lowest BCUT2D eigenvalue weighted by Crippen LogP contribution is -1.95. The fourth-order valence-corrected chi connectivity index (χ4v) is 3.01. The molecule has 3 heteroatoms. The van der Waals surface area contributed by atoms with Gasteiger partial charge in [0, 0.05) is 17.1 Å². The van der Waals surface area contributed by atoms with Gasteiger partial charge in [0.15, 0.2) is 0 Å². The summed E-state index contributed by atoms with van der Waals surface area (Å²) in [7, 11) is 0. The third-order valence-corrected chi connectivity index (χ3v) is 4.35. The molecule has 0 saturated carbocycles. The van der Waals surface area contributed by atoms with E-state index in [-0.39, 0.29) is 0 Å². The molecule has 0 aliphatic rings. The molecule has 3 aromatic rings. The fourth-order valence-electron chi connectivity index (χ4n) is 2.82. The molecule has 108 valence electrons. The topological polar surface area (TPSA) is 41.8 Å². The van der Waals surface area contributed by atoms with E-state index < -0.39 is 0 Å². The fraction of sp³-hybridized carbons (Fsp3) is 0.222. The summed E-state index contributed by atoms with van der Waals surface area (Å²) < 4.78 is 0. The smallest absolute Gasteiger partial charge is 0.0638 e. The molecule has 0 bridgehead atoms. The number of nitrogens with one attached hydrogen (secondary N) is 1. The SMILES string of the molecule is Cc1cc(N)c(Cl)cc1CCCc1c[nH]c2ccccc12. The van der Waals surface area contributed by atoms with Crippen molar-refractivity contribution in [2.24, 2.45) is 0 Å². The van der Waals surface area contributed by atoms with E-state index >= 15 is 0 Å². The van der Waals surface area contributed by atoms with Crippen molar-refractivity contribution in [2.75, 3.05) is 5.73 Å². The number of aromatic amines is 1. The number of halogens is 1. The lowest BCUT2D eigenvalue weighted by atomic mass is 10.00. The Hall–Kier alpha value is -1.93. The number of aryl methyl sites for hydroxylation is 3. The predicted octanol–water partition coefficient (Wildman–Crippen LogP) is 4.89. The van der Waals surface area contributed by atoms with Crippen LogP contribution in [0.2, 0.25) is 5.02 Å². The molecule has 0 fully saturated rings. The summed E-state index contributed by atoms with van der Waals surface area (Å²) in [4.78, 5) is 3.33. The maximum atomic E-state index is 6.11. The molecule has 0 aliphatic heterocycles. The van der Waals surface area contributed by atoms with Crippen molar-refractivity contribution in [3.05, 3.63) is 64.3 Å². The number of H-pyrrole nitrogens is 1. The van der Waals surface area contributed by atoms with Crippen LogP contribution in [0.1, 0.15) is 23.1 Å². The van der Waals surface area contributed by atoms with E-state index in [1.165, 1.54) is 27.6 Å². The number of hydrogen-bond donors (Lipinski definition) is 2. The van der Waals surface area contributed by atoms with Gasteiger partial charge in [0.25, 0.3) is 0 Å². The van der Waals surface area contributed by atoms with E-state index in [1.807, 2.05) is 12.1 Å². The normalized spacial score (nSPS) is 11.1. The molecule has 0 atom stereocenters. The third-order valence-electron chi connectivity index (χ3n) is 4.02. The number of nitrogens with two attached hydrogens (primary N) is 1. The van der Waals surface area contributed by atoms with Crippen molar-refractivity contribution in [1.82, 2.24) is 4.98 Å². The Morgan fingerprint density at radius 2 is 1.86 bits per heavy atom. The Kier molecular flexibility index (Phi) is 3.89. The summed E-state index contributed by atoms with van der Waals surface area (Å²) in [5.41, 5.74) is 11.6. The summed E-state index contributed by atoms with van der Waals surface area (Å²) in [6.07, 6.45) is 5.30. The molecular weight excluding hydrogens is 280 g/mol. The Labute approximate surface area is 129 Å². The van der Waals surface area contributed by atoms with Gasteiger partial charge in [-0.3, -0.25) is 0 Å². The van der Waals surface area contributed by atoms with Crippen LogP contribution in [0, 0.1) is 6.92 Å². The van der Waals surface area contributed by atoms with Crippen molar-refractivity contribution < 1.29 is 0 Å². The quantitative estimate of drug-likeness (QED) is 0.662. The number of para-hydroxylation sites is 1. The average Bonchev–Trinajstić information content (AvgIpc) is 2.88. The van der Waals surface area contributed by atoms with Crippen LogP contribution in [0.15, 0.2) is 42.6 Å². The maximum absolute atomic E-state index is 6.11. The average molecular weight is 299 g/mol. The monoisotopic (exact) mass is 298 g/mol. The first-order valence-electron chi connectivity index (χ1n) is 7.24. The minimum absolute atomic E-state index is 0.655. The lowest BCUT2D eigenvalue weighted by molar-refractivity contribution is 0.820. The number of benzene rings is 2. The molecular formula is C18H19ClN2. The number of hydrogen-bond acceptors (Lipinski definition) is 1. The molecule has 0 amide bonds. The second-order valence-electron chi connectivity index (χ2n) is 5.51. The first-order valence-corrected chi connectivity index (χ1v) is 7.62. The van der Waals surface area contributed by atoms with Gasteiger partial charge in [-0.1, -0.05) is 29.8 Å². The van der Waals surface area contributed by atoms with Crippen molar-refractivity contribution in [1.29, 1.82) is 0 Å². The van der Waals surface area contributed by atoms with Crippen molar-refractivity contribution in [3.8, 4) is 0 Å². The molecule has 2 nitrogen and oxygen atoms in total. The second-order valence-corrected chi connectivity index (χ2v) is 5.92. The number of anilines is 1. The van der Waals surface area contributed by atoms with E-state index in [4.69, 9.17) is 17.3 Å². The Bertz CT molecular complexity index is 774. The number of aromatic nitrogens is 1. The van der Waals surface area contributed by atoms with Crippen LogP contribution in [0.5, 0.6) is 0 Å². The van der Waals surface area contributed by atoms with E-state index in [2.05, 4.69) is 42.4 Å².